The molecular weight excluding hydrogens is 280 g/mol. The second-order valence-corrected chi connectivity index (χ2v) is 6.01. The van der Waals surface area contributed by atoms with Crippen molar-refractivity contribution in [3.8, 4) is 5.75 Å². The van der Waals surface area contributed by atoms with Gasteiger partial charge in [-0.15, -0.1) is 0 Å². The van der Waals surface area contributed by atoms with E-state index >= 15 is 0 Å². The minimum atomic E-state index is -3.62. The third kappa shape index (κ3) is 3.84. The number of hydrogen-bond donors (Lipinski definition) is 1. The highest BCUT2D eigenvalue weighted by molar-refractivity contribution is 7.89. The molecular formula is C13H22N2O4S. The highest BCUT2D eigenvalue weighted by Gasteiger charge is 2.26. The lowest BCUT2D eigenvalue weighted by Gasteiger charge is -2.21. The summed E-state index contributed by atoms with van der Waals surface area (Å²) in [5, 5.41) is 0. The van der Waals surface area contributed by atoms with Crippen molar-refractivity contribution in [2.45, 2.75) is 18.7 Å². The summed E-state index contributed by atoms with van der Waals surface area (Å²) >= 11 is 0. The van der Waals surface area contributed by atoms with E-state index in [0.29, 0.717) is 32.0 Å². The molecule has 0 aliphatic heterocycles. The van der Waals surface area contributed by atoms with Crippen molar-refractivity contribution in [1.82, 2.24) is 4.31 Å². The summed E-state index contributed by atoms with van der Waals surface area (Å²) in [6, 6.07) is 4.52. The van der Waals surface area contributed by atoms with Crippen molar-refractivity contribution in [3.63, 3.8) is 0 Å². The fourth-order valence-electron chi connectivity index (χ4n) is 1.80. The molecule has 0 radical (unpaired) electrons. The van der Waals surface area contributed by atoms with Gasteiger partial charge < -0.3 is 15.2 Å². The number of hydrogen-bond acceptors (Lipinski definition) is 5. The number of anilines is 1. The van der Waals surface area contributed by atoms with Crippen LogP contribution in [0.1, 0.15) is 13.8 Å². The van der Waals surface area contributed by atoms with Crippen molar-refractivity contribution < 1.29 is 17.9 Å². The molecule has 0 heterocycles. The van der Waals surface area contributed by atoms with E-state index in [0.717, 1.165) is 0 Å². The van der Waals surface area contributed by atoms with Crippen molar-refractivity contribution in [1.29, 1.82) is 0 Å². The van der Waals surface area contributed by atoms with Crippen LogP contribution < -0.4 is 10.5 Å². The normalized spacial score (nSPS) is 11.8. The van der Waals surface area contributed by atoms with Gasteiger partial charge in [-0.3, -0.25) is 0 Å². The second-order valence-electron chi connectivity index (χ2n) is 4.10. The minimum Gasteiger partial charge on any atom is -0.495 e. The Balaban J connectivity index is 3.07. The molecule has 6 nitrogen and oxygen atoms in total. The van der Waals surface area contributed by atoms with Gasteiger partial charge in [0.05, 0.1) is 13.7 Å². The van der Waals surface area contributed by atoms with E-state index in [-0.39, 0.29) is 10.6 Å². The molecule has 0 unspecified atom stereocenters. The van der Waals surface area contributed by atoms with Gasteiger partial charge >= 0.3 is 0 Å². The largest absolute Gasteiger partial charge is 0.495 e. The Bertz CT molecular complexity index is 531. The van der Waals surface area contributed by atoms with Crippen LogP contribution in [0.15, 0.2) is 23.1 Å². The van der Waals surface area contributed by atoms with Crippen molar-refractivity contribution in [2.24, 2.45) is 0 Å². The molecule has 1 aromatic rings. The highest BCUT2D eigenvalue weighted by Crippen LogP contribution is 2.28. The predicted octanol–water partition coefficient (Wildman–Crippen LogP) is 1.32. The molecule has 0 bridgehead atoms. The number of nitrogens with two attached hydrogens (primary N) is 1. The Kier molecular flexibility index (Phi) is 6.25. The number of benzene rings is 1. The standard InChI is InChI=1S/C13H22N2O4S/c1-4-15(8-9-19-5-2)20(16,17)13-7-6-11(14)10-12(13)18-3/h6-7,10H,4-5,8-9,14H2,1-3H3. The minimum absolute atomic E-state index is 0.118. The van der Waals surface area contributed by atoms with Gasteiger partial charge in [-0.05, 0) is 19.1 Å². The lowest BCUT2D eigenvalue weighted by molar-refractivity contribution is 0.135. The van der Waals surface area contributed by atoms with E-state index in [1.54, 1.807) is 13.0 Å². The molecule has 0 spiro atoms. The van der Waals surface area contributed by atoms with E-state index in [9.17, 15) is 8.42 Å². The Morgan fingerprint density at radius 1 is 1.30 bits per heavy atom. The first-order valence-corrected chi connectivity index (χ1v) is 7.92. The van der Waals surface area contributed by atoms with E-state index in [4.69, 9.17) is 15.2 Å². The molecule has 0 saturated carbocycles. The van der Waals surface area contributed by atoms with Crippen LogP contribution in [0, 0.1) is 0 Å². The molecule has 0 amide bonds. The molecule has 20 heavy (non-hydrogen) atoms. The first-order chi connectivity index (χ1) is 9.47. The lowest BCUT2D eigenvalue weighted by atomic mass is 10.3. The molecule has 7 heteroatoms. The molecule has 0 saturated heterocycles. The van der Waals surface area contributed by atoms with Crippen LogP contribution in [-0.2, 0) is 14.8 Å². The number of methoxy groups -OCH3 is 1. The number of likely N-dealkylation sites (N-methyl/N-ethyl adjacent to an activating group) is 1. The predicted molar refractivity (Wildman–Crippen MR) is 78.3 cm³/mol. The Morgan fingerprint density at radius 3 is 2.55 bits per heavy atom. The summed E-state index contributed by atoms with van der Waals surface area (Å²) in [7, 11) is -2.20. The number of nitrogen functional groups attached to an aromatic ring is 1. The van der Waals surface area contributed by atoms with Crippen LogP contribution in [0.25, 0.3) is 0 Å². The fraction of sp³-hybridized carbons (Fsp3) is 0.538. The van der Waals surface area contributed by atoms with E-state index in [1.165, 1.54) is 23.5 Å². The molecule has 114 valence electrons. The van der Waals surface area contributed by atoms with Crippen molar-refractivity contribution in [2.75, 3.05) is 39.1 Å². The molecule has 0 fully saturated rings. The fourth-order valence-corrected chi connectivity index (χ4v) is 3.36. The average molecular weight is 302 g/mol. The van der Waals surface area contributed by atoms with Gasteiger partial charge in [-0.25, -0.2) is 8.42 Å². The average Bonchev–Trinajstić information content (AvgIpc) is 2.42. The van der Waals surface area contributed by atoms with Gasteiger partial charge in [-0.2, -0.15) is 4.31 Å². The Hall–Kier alpha value is -1.31. The highest BCUT2D eigenvalue weighted by atomic mass is 32.2. The van der Waals surface area contributed by atoms with Crippen LogP contribution in [0.3, 0.4) is 0 Å². The van der Waals surface area contributed by atoms with E-state index in [1.807, 2.05) is 6.92 Å². The SMILES string of the molecule is CCOCCN(CC)S(=O)(=O)c1ccc(N)cc1OC. The first-order valence-electron chi connectivity index (χ1n) is 6.48. The molecule has 0 aromatic heterocycles. The van der Waals surface area contributed by atoms with Crippen LogP contribution >= 0.6 is 0 Å². The topological polar surface area (TPSA) is 81.9 Å². The van der Waals surface area contributed by atoms with Crippen LogP contribution in [0.4, 0.5) is 5.69 Å². The third-order valence-corrected chi connectivity index (χ3v) is 4.86. The summed E-state index contributed by atoms with van der Waals surface area (Å²) in [6.07, 6.45) is 0. The van der Waals surface area contributed by atoms with E-state index in [2.05, 4.69) is 0 Å². The lowest BCUT2D eigenvalue weighted by Crippen LogP contribution is -2.34. The summed E-state index contributed by atoms with van der Waals surface area (Å²) in [5.41, 5.74) is 6.10. The summed E-state index contributed by atoms with van der Waals surface area (Å²) in [6.45, 7) is 5.24. The van der Waals surface area contributed by atoms with Crippen LogP contribution in [0.5, 0.6) is 5.75 Å². The number of rotatable bonds is 8. The molecule has 0 atom stereocenters. The number of sulfonamides is 1. The van der Waals surface area contributed by atoms with Crippen molar-refractivity contribution >= 4 is 15.7 Å². The second kappa shape index (κ2) is 7.47. The molecule has 0 aliphatic carbocycles. The number of nitrogens with zero attached hydrogens (tertiary/aromatic N) is 1. The summed E-state index contributed by atoms with van der Waals surface area (Å²) < 4.78 is 36.9. The zero-order chi connectivity index (χ0) is 15.2. The van der Waals surface area contributed by atoms with Gasteiger partial charge in [0.2, 0.25) is 10.0 Å². The molecule has 1 rings (SSSR count). The first kappa shape index (κ1) is 16.7. The molecule has 1 aromatic carbocycles. The summed E-state index contributed by atoms with van der Waals surface area (Å²) in [4.78, 5) is 0.118. The van der Waals surface area contributed by atoms with Gasteiger partial charge in [0, 0.05) is 31.5 Å². The van der Waals surface area contributed by atoms with Crippen LogP contribution in [0.2, 0.25) is 0 Å². The van der Waals surface area contributed by atoms with Gasteiger partial charge in [0.15, 0.2) is 0 Å². The van der Waals surface area contributed by atoms with Gasteiger partial charge in [-0.1, -0.05) is 6.92 Å². The maximum atomic E-state index is 12.6. The maximum Gasteiger partial charge on any atom is 0.246 e. The Morgan fingerprint density at radius 2 is 2.00 bits per heavy atom. The molecule has 2 N–H and O–H groups in total. The maximum absolute atomic E-state index is 12.6. The van der Waals surface area contributed by atoms with Crippen molar-refractivity contribution in [3.05, 3.63) is 18.2 Å². The molecule has 0 aliphatic rings. The van der Waals surface area contributed by atoms with Gasteiger partial charge in [0.1, 0.15) is 10.6 Å². The summed E-state index contributed by atoms with van der Waals surface area (Å²) in [5.74, 6) is 0.250. The van der Waals surface area contributed by atoms with Gasteiger partial charge in [0.25, 0.3) is 0 Å². The quantitative estimate of drug-likeness (QED) is 0.578. The van der Waals surface area contributed by atoms with Crippen LogP contribution in [-0.4, -0.2) is 46.1 Å². The zero-order valence-corrected chi connectivity index (χ0v) is 12.9. The zero-order valence-electron chi connectivity index (χ0n) is 12.1. The van der Waals surface area contributed by atoms with E-state index < -0.39 is 10.0 Å². The monoisotopic (exact) mass is 302 g/mol. The smallest absolute Gasteiger partial charge is 0.246 e. The third-order valence-electron chi connectivity index (χ3n) is 2.85. The number of ether oxygens (including phenoxy) is 2. The Labute approximate surface area is 120 Å².